The summed E-state index contributed by atoms with van der Waals surface area (Å²) in [5, 5.41) is 0. The van der Waals surface area contributed by atoms with E-state index in [0.717, 1.165) is 31.2 Å². The molecule has 0 radical (unpaired) electrons. The summed E-state index contributed by atoms with van der Waals surface area (Å²) in [5.41, 5.74) is 2.64. The van der Waals surface area contributed by atoms with Gasteiger partial charge in [0.2, 0.25) is 0 Å². The Morgan fingerprint density at radius 2 is 1.88 bits per heavy atom. The molecule has 0 amide bonds. The normalized spacial score (nSPS) is 23.4. The fourth-order valence-corrected chi connectivity index (χ4v) is 4.05. The molecule has 0 aromatic heterocycles. The maximum Gasteiger partial charge on any atom is 0.126 e. The standard InChI is InChI=1S/C20H23NO2.ClH/c1-14(15-7-4-3-5-8-15)21-11-16-13-23-19-10-6-9-18(22-2)20(19)17(16)12-21;/h3-10,14,16-17H,11-13H2,1-2H3;1H/t14?,16-,17-;/m1./s1. The quantitative estimate of drug-likeness (QED) is 0.828. The number of rotatable bonds is 3. The van der Waals surface area contributed by atoms with Crippen LogP contribution in [0.2, 0.25) is 0 Å². The molecule has 2 heterocycles. The van der Waals surface area contributed by atoms with Crippen LogP contribution < -0.4 is 9.47 Å². The molecule has 128 valence electrons. The van der Waals surface area contributed by atoms with E-state index >= 15 is 0 Å². The van der Waals surface area contributed by atoms with Crippen LogP contribution in [0, 0.1) is 5.92 Å². The molecule has 2 aliphatic heterocycles. The molecule has 1 unspecified atom stereocenters. The minimum atomic E-state index is 0. The van der Waals surface area contributed by atoms with E-state index in [9.17, 15) is 0 Å². The highest BCUT2D eigenvalue weighted by atomic mass is 35.5. The third kappa shape index (κ3) is 2.87. The van der Waals surface area contributed by atoms with Crippen molar-refractivity contribution in [1.29, 1.82) is 0 Å². The summed E-state index contributed by atoms with van der Waals surface area (Å²) in [6.07, 6.45) is 0. The van der Waals surface area contributed by atoms with Crippen LogP contribution in [0.4, 0.5) is 0 Å². The van der Waals surface area contributed by atoms with Gasteiger partial charge in [0.1, 0.15) is 11.5 Å². The molecule has 0 saturated carbocycles. The van der Waals surface area contributed by atoms with Gasteiger partial charge in [-0.25, -0.2) is 0 Å². The zero-order valence-corrected chi connectivity index (χ0v) is 15.0. The average molecular weight is 346 g/mol. The van der Waals surface area contributed by atoms with Gasteiger partial charge < -0.3 is 9.47 Å². The fourth-order valence-electron chi connectivity index (χ4n) is 4.05. The van der Waals surface area contributed by atoms with E-state index in [4.69, 9.17) is 9.47 Å². The van der Waals surface area contributed by atoms with Crippen molar-refractivity contribution in [3.63, 3.8) is 0 Å². The van der Waals surface area contributed by atoms with Crippen molar-refractivity contribution in [3.05, 3.63) is 59.7 Å². The van der Waals surface area contributed by atoms with Gasteiger partial charge in [0.05, 0.1) is 13.7 Å². The molecule has 24 heavy (non-hydrogen) atoms. The van der Waals surface area contributed by atoms with E-state index in [1.54, 1.807) is 7.11 Å². The first-order valence-electron chi connectivity index (χ1n) is 8.36. The predicted molar refractivity (Wildman–Crippen MR) is 98.4 cm³/mol. The Hall–Kier alpha value is -1.71. The number of likely N-dealkylation sites (tertiary alicyclic amines) is 1. The average Bonchev–Trinajstić information content (AvgIpc) is 3.05. The number of benzene rings is 2. The minimum absolute atomic E-state index is 0. The summed E-state index contributed by atoms with van der Waals surface area (Å²) in [6.45, 7) is 5.26. The number of hydrogen-bond acceptors (Lipinski definition) is 3. The largest absolute Gasteiger partial charge is 0.496 e. The highest BCUT2D eigenvalue weighted by Gasteiger charge is 2.41. The number of methoxy groups -OCH3 is 1. The first kappa shape index (κ1) is 17.1. The maximum absolute atomic E-state index is 6.01. The summed E-state index contributed by atoms with van der Waals surface area (Å²) >= 11 is 0. The summed E-state index contributed by atoms with van der Waals surface area (Å²) in [4.78, 5) is 2.58. The molecule has 1 fully saturated rings. The van der Waals surface area contributed by atoms with Gasteiger partial charge >= 0.3 is 0 Å². The van der Waals surface area contributed by atoms with Gasteiger partial charge in [-0.3, -0.25) is 4.90 Å². The summed E-state index contributed by atoms with van der Waals surface area (Å²) in [6, 6.07) is 17.3. The monoisotopic (exact) mass is 345 g/mol. The number of ether oxygens (including phenoxy) is 2. The molecule has 3 nitrogen and oxygen atoms in total. The van der Waals surface area contributed by atoms with Crippen molar-refractivity contribution in [2.45, 2.75) is 18.9 Å². The molecule has 0 aliphatic carbocycles. The van der Waals surface area contributed by atoms with Crippen LogP contribution in [-0.4, -0.2) is 31.7 Å². The van der Waals surface area contributed by atoms with Crippen LogP contribution in [0.3, 0.4) is 0 Å². The van der Waals surface area contributed by atoms with E-state index in [1.807, 2.05) is 12.1 Å². The lowest BCUT2D eigenvalue weighted by molar-refractivity contribution is 0.201. The number of halogens is 1. The van der Waals surface area contributed by atoms with Gasteiger partial charge in [0, 0.05) is 36.5 Å². The molecular weight excluding hydrogens is 322 g/mol. The van der Waals surface area contributed by atoms with Crippen molar-refractivity contribution in [2.75, 3.05) is 26.8 Å². The number of nitrogens with zero attached hydrogens (tertiary/aromatic N) is 1. The van der Waals surface area contributed by atoms with Gasteiger partial charge in [-0.1, -0.05) is 36.4 Å². The summed E-state index contributed by atoms with van der Waals surface area (Å²) in [5.74, 6) is 3.01. The first-order chi connectivity index (χ1) is 11.3. The van der Waals surface area contributed by atoms with Crippen molar-refractivity contribution >= 4 is 12.4 Å². The molecule has 2 aliphatic rings. The SMILES string of the molecule is COc1cccc2c1[C@@H]1CN(C(C)c3ccccc3)C[C@@H]1CO2.Cl. The van der Waals surface area contributed by atoms with Crippen LogP contribution in [-0.2, 0) is 0 Å². The van der Waals surface area contributed by atoms with E-state index in [0.29, 0.717) is 17.9 Å². The molecular formula is C20H24ClNO2. The van der Waals surface area contributed by atoms with Crippen molar-refractivity contribution in [2.24, 2.45) is 5.92 Å². The number of hydrogen-bond donors (Lipinski definition) is 0. The highest BCUT2D eigenvalue weighted by molar-refractivity contribution is 5.85. The Morgan fingerprint density at radius 3 is 2.62 bits per heavy atom. The first-order valence-corrected chi connectivity index (χ1v) is 8.36. The van der Waals surface area contributed by atoms with Crippen molar-refractivity contribution in [3.8, 4) is 11.5 Å². The molecule has 0 bridgehead atoms. The summed E-state index contributed by atoms with van der Waals surface area (Å²) in [7, 11) is 1.75. The third-order valence-electron chi connectivity index (χ3n) is 5.37. The minimum Gasteiger partial charge on any atom is -0.496 e. The van der Waals surface area contributed by atoms with Gasteiger partial charge in [0.25, 0.3) is 0 Å². The number of fused-ring (bicyclic) bond motifs is 3. The van der Waals surface area contributed by atoms with Crippen LogP contribution >= 0.6 is 12.4 Å². The topological polar surface area (TPSA) is 21.7 Å². The second kappa shape index (κ2) is 7.04. The second-order valence-corrected chi connectivity index (χ2v) is 6.59. The molecule has 4 rings (SSSR count). The third-order valence-corrected chi connectivity index (χ3v) is 5.37. The van der Waals surface area contributed by atoms with Crippen LogP contribution in [0.25, 0.3) is 0 Å². The highest BCUT2D eigenvalue weighted by Crippen LogP contribution is 2.47. The van der Waals surface area contributed by atoms with Crippen LogP contribution in [0.15, 0.2) is 48.5 Å². The van der Waals surface area contributed by atoms with Crippen LogP contribution in [0.1, 0.15) is 30.0 Å². The molecule has 3 atom stereocenters. The van der Waals surface area contributed by atoms with Gasteiger partial charge in [0.15, 0.2) is 0 Å². The lowest BCUT2D eigenvalue weighted by Gasteiger charge is -2.29. The Labute approximate surface area is 150 Å². The molecule has 0 spiro atoms. The molecule has 4 heteroatoms. The lowest BCUT2D eigenvalue weighted by atomic mass is 9.86. The lowest BCUT2D eigenvalue weighted by Crippen LogP contribution is -2.26. The smallest absolute Gasteiger partial charge is 0.126 e. The van der Waals surface area contributed by atoms with E-state index < -0.39 is 0 Å². The van der Waals surface area contributed by atoms with Crippen molar-refractivity contribution in [1.82, 2.24) is 4.90 Å². The zero-order valence-electron chi connectivity index (χ0n) is 14.1. The molecule has 2 aromatic rings. The Kier molecular flexibility index (Phi) is 5.02. The van der Waals surface area contributed by atoms with Crippen molar-refractivity contribution < 1.29 is 9.47 Å². The Balaban J connectivity index is 0.00000169. The second-order valence-electron chi connectivity index (χ2n) is 6.59. The maximum atomic E-state index is 6.01. The summed E-state index contributed by atoms with van der Waals surface area (Å²) < 4.78 is 11.6. The van der Waals surface area contributed by atoms with Crippen LogP contribution in [0.5, 0.6) is 11.5 Å². The Morgan fingerprint density at radius 1 is 1.08 bits per heavy atom. The van der Waals surface area contributed by atoms with Gasteiger partial charge in [-0.15, -0.1) is 12.4 Å². The van der Waals surface area contributed by atoms with Gasteiger partial charge in [-0.2, -0.15) is 0 Å². The van der Waals surface area contributed by atoms with Gasteiger partial charge in [-0.05, 0) is 24.6 Å². The van der Waals surface area contributed by atoms with E-state index in [2.05, 4.69) is 48.2 Å². The predicted octanol–water partition coefficient (Wildman–Crippen LogP) is 4.29. The molecule has 2 aromatic carbocycles. The van der Waals surface area contributed by atoms with E-state index in [1.165, 1.54) is 11.1 Å². The van der Waals surface area contributed by atoms with E-state index in [-0.39, 0.29) is 12.4 Å². The fraction of sp³-hybridized carbons (Fsp3) is 0.400. The Bertz CT molecular complexity index is 677. The zero-order chi connectivity index (χ0) is 15.8. The molecule has 0 N–H and O–H groups in total. The molecule has 1 saturated heterocycles.